The zero-order valence-electron chi connectivity index (χ0n) is 16.6. The van der Waals surface area contributed by atoms with Crippen LogP contribution in [0.25, 0.3) is 10.9 Å². The number of H-pyrrole nitrogens is 2. The van der Waals surface area contributed by atoms with Crippen LogP contribution in [-0.4, -0.2) is 39.4 Å². The molecule has 2 heterocycles. The van der Waals surface area contributed by atoms with Gasteiger partial charge in [-0.15, -0.1) is 0 Å². The number of amides is 1. The Balaban J connectivity index is 1.58. The molecule has 7 nitrogen and oxygen atoms in total. The highest BCUT2D eigenvalue weighted by molar-refractivity contribution is 5.92. The first-order valence-electron chi connectivity index (χ1n) is 9.65. The average Bonchev–Trinajstić information content (AvgIpc) is 3.20. The van der Waals surface area contributed by atoms with Gasteiger partial charge in [-0.05, 0) is 35.7 Å². The molecule has 0 aliphatic rings. The minimum Gasteiger partial charge on any atom is -0.497 e. The van der Waals surface area contributed by atoms with Crippen LogP contribution in [0.15, 0.2) is 71.9 Å². The number of aromatic amines is 2. The van der Waals surface area contributed by atoms with Gasteiger partial charge in [0.2, 0.25) is 0 Å². The molecular formula is C23H22N4O3. The van der Waals surface area contributed by atoms with Crippen molar-refractivity contribution in [2.75, 3.05) is 13.7 Å². The maximum Gasteiger partial charge on any atom is 0.272 e. The summed E-state index contributed by atoms with van der Waals surface area (Å²) in [6.45, 7) is 0.895. The molecule has 0 aliphatic heterocycles. The fourth-order valence-electron chi connectivity index (χ4n) is 3.45. The zero-order valence-corrected chi connectivity index (χ0v) is 16.6. The Morgan fingerprint density at radius 1 is 1.10 bits per heavy atom. The summed E-state index contributed by atoms with van der Waals surface area (Å²) in [4.78, 5) is 36.2. The summed E-state index contributed by atoms with van der Waals surface area (Å²) in [5.74, 6) is 0.489. The molecule has 0 saturated heterocycles. The van der Waals surface area contributed by atoms with E-state index in [2.05, 4.69) is 21.0 Å². The lowest BCUT2D eigenvalue weighted by Crippen LogP contribution is -2.34. The summed E-state index contributed by atoms with van der Waals surface area (Å²) in [5.41, 5.74) is 2.95. The van der Waals surface area contributed by atoms with Crippen molar-refractivity contribution in [3.8, 4) is 5.75 Å². The van der Waals surface area contributed by atoms with Crippen LogP contribution in [0.1, 0.15) is 21.6 Å². The maximum atomic E-state index is 13.1. The Morgan fingerprint density at radius 2 is 1.90 bits per heavy atom. The number of nitrogens with zero attached hydrogens (tertiary/aromatic N) is 2. The van der Waals surface area contributed by atoms with Crippen molar-refractivity contribution in [2.24, 2.45) is 0 Å². The molecule has 0 aliphatic carbocycles. The molecule has 0 radical (unpaired) electrons. The minimum atomic E-state index is -0.401. The number of fused-ring (bicyclic) bond motifs is 1. The van der Waals surface area contributed by atoms with Crippen LogP contribution >= 0.6 is 0 Å². The van der Waals surface area contributed by atoms with Crippen molar-refractivity contribution < 1.29 is 9.53 Å². The fourth-order valence-corrected chi connectivity index (χ4v) is 3.45. The topological polar surface area (TPSA) is 91.1 Å². The molecular weight excluding hydrogens is 380 g/mol. The van der Waals surface area contributed by atoms with E-state index in [0.29, 0.717) is 19.5 Å². The number of carbonyl (C=O) groups is 1. The minimum absolute atomic E-state index is 0.176. The first-order chi connectivity index (χ1) is 14.6. The molecule has 0 bridgehead atoms. The third-order valence-corrected chi connectivity index (χ3v) is 5.03. The lowest BCUT2D eigenvalue weighted by molar-refractivity contribution is 0.0738. The quantitative estimate of drug-likeness (QED) is 0.497. The van der Waals surface area contributed by atoms with Crippen LogP contribution in [0.3, 0.4) is 0 Å². The van der Waals surface area contributed by atoms with Gasteiger partial charge in [0, 0.05) is 30.2 Å². The summed E-state index contributed by atoms with van der Waals surface area (Å²) >= 11 is 0. The fraction of sp³-hybridized carbons (Fsp3) is 0.174. The number of carbonyl (C=O) groups excluding carboxylic acids is 1. The smallest absolute Gasteiger partial charge is 0.272 e. The second-order valence-electron chi connectivity index (χ2n) is 6.99. The van der Waals surface area contributed by atoms with Gasteiger partial charge in [0.15, 0.2) is 0 Å². The summed E-state index contributed by atoms with van der Waals surface area (Å²) in [6.07, 6.45) is 5.19. The number of para-hydroxylation sites is 1. The Bertz CT molecular complexity index is 1210. The molecule has 7 heteroatoms. The molecule has 2 aromatic heterocycles. The van der Waals surface area contributed by atoms with E-state index in [0.717, 1.165) is 34.0 Å². The van der Waals surface area contributed by atoms with Crippen molar-refractivity contribution >= 4 is 16.8 Å². The molecule has 2 aromatic carbocycles. The second-order valence-corrected chi connectivity index (χ2v) is 6.99. The van der Waals surface area contributed by atoms with Crippen LogP contribution in [0.4, 0.5) is 0 Å². The maximum absolute atomic E-state index is 13.1. The van der Waals surface area contributed by atoms with Gasteiger partial charge in [-0.3, -0.25) is 14.6 Å². The molecule has 0 saturated carbocycles. The van der Waals surface area contributed by atoms with E-state index in [9.17, 15) is 9.59 Å². The average molecular weight is 402 g/mol. The molecule has 30 heavy (non-hydrogen) atoms. The molecule has 4 aromatic rings. The lowest BCUT2D eigenvalue weighted by Gasteiger charge is -2.23. The molecule has 0 fully saturated rings. The molecule has 152 valence electrons. The SMILES string of the molecule is COc1ccc(CN(CCc2c[nH]c3ccccc23)C(=O)c2cncc(=O)[nH]2)cc1. The number of rotatable bonds is 7. The monoisotopic (exact) mass is 402 g/mol. The van der Waals surface area contributed by atoms with Crippen molar-refractivity contribution in [3.05, 3.63) is 94.3 Å². The van der Waals surface area contributed by atoms with Gasteiger partial charge in [-0.25, -0.2) is 0 Å². The Kier molecular flexibility index (Phi) is 5.61. The van der Waals surface area contributed by atoms with E-state index in [1.165, 1.54) is 6.20 Å². The normalized spacial score (nSPS) is 10.8. The van der Waals surface area contributed by atoms with Gasteiger partial charge < -0.3 is 19.6 Å². The number of benzene rings is 2. The van der Waals surface area contributed by atoms with Crippen LogP contribution in [0.2, 0.25) is 0 Å². The van der Waals surface area contributed by atoms with Gasteiger partial charge in [0.05, 0.1) is 19.5 Å². The van der Waals surface area contributed by atoms with Crippen LogP contribution in [0, 0.1) is 0 Å². The van der Waals surface area contributed by atoms with E-state index in [1.54, 1.807) is 12.0 Å². The number of ether oxygens (including phenoxy) is 1. The van der Waals surface area contributed by atoms with Crippen molar-refractivity contribution in [1.82, 2.24) is 19.9 Å². The second kappa shape index (κ2) is 8.65. The number of hydrogen-bond donors (Lipinski definition) is 2. The summed E-state index contributed by atoms with van der Waals surface area (Å²) in [5, 5.41) is 1.14. The van der Waals surface area contributed by atoms with Gasteiger partial charge in [0.25, 0.3) is 11.5 Å². The van der Waals surface area contributed by atoms with Crippen LogP contribution in [0.5, 0.6) is 5.75 Å². The van der Waals surface area contributed by atoms with Gasteiger partial charge >= 0.3 is 0 Å². The largest absolute Gasteiger partial charge is 0.497 e. The summed E-state index contributed by atoms with van der Waals surface area (Å²) in [6, 6.07) is 15.7. The highest BCUT2D eigenvalue weighted by atomic mass is 16.5. The third-order valence-electron chi connectivity index (χ3n) is 5.03. The first kappa shape index (κ1) is 19.4. The van der Waals surface area contributed by atoms with Crippen LogP contribution < -0.4 is 10.3 Å². The molecule has 0 spiro atoms. The first-order valence-corrected chi connectivity index (χ1v) is 9.65. The zero-order chi connectivity index (χ0) is 20.9. The van der Waals surface area contributed by atoms with E-state index >= 15 is 0 Å². The molecule has 1 amide bonds. The highest BCUT2D eigenvalue weighted by Gasteiger charge is 2.18. The number of nitrogens with one attached hydrogen (secondary N) is 2. The number of methoxy groups -OCH3 is 1. The molecule has 0 atom stereocenters. The predicted molar refractivity (Wildman–Crippen MR) is 115 cm³/mol. The number of aromatic nitrogens is 3. The van der Waals surface area contributed by atoms with Crippen molar-refractivity contribution in [2.45, 2.75) is 13.0 Å². The van der Waals surface area contributed by atoms with E-state index in [1.807, 2.05) is 48.7 Å². The Hall–Kier alpha value is -3.87. The van der Waals surface area contributed by atoms with Gasteiger partial charge in [0.1, 0.15) is 11.4 Å². The standard InChI is InChI=1S/C23H22N4O3/c1-30-18-8-6-16(7-9-18)15-27(23(29)21-13-24-14-22(28)26-21)11-10-17-12-25-20-5-3-2-4-19(17)20/h2-9,12-14,25H,10-11,15H2,1H3,(H,26,28). The Labute approximate surface area is 173 Å². The van der Waals surface area contributed by atoms with E-state index < -0.39 is 5.56 Å². The molecule has 2 N–H and O–H groups in total. The number of hydrogen-bond acceptors (Lipinski definition) is 4. The van der Waals surface area contributed by atoms with Crippen molar-refractivity contribution in [1.29, 1.82) is 0 Å². The Morgan fingerprint density at radius 3 is 2.67 bits per heavy atom. The summed E-state index contributed by atoms with van der Waals surface area (Å²) in [7, 11) is 1.62. The van der Waals surface area contributed by atoms with Crippen LogP contribution in [-0.2, 0) is 13.0 Å². The van der Waals surface area contributed by atoms with Gasteiger partial charge in [-0.2, -0.15) is 0 Å². The third kappa shape index (κ3) is 4.25. The molecule has 0 unspecified atom stereocenters. The van der Waals surface area contributed by atoms with E-state index in [-0.39, 0.29) is 11.6 Å². The van der Waals surface area contributed by atoms with E-state index in [4.69, 9.17) is 4.74 Å². The van der Waals surface area contributed by atoms with Crippen molar-refractivity contribution in [3.63, 3.8) is 0 Å². The lowest BCUT2D eigenvalue weighted by atomic mass is 10.1. The highest BCUT2D eigenvalue weighted by Crippen LogP contribution is 2.20. The van der Waals surface area contributed by atoms with Gasteiger partial charge in [-0.1, -0.05) is 30.3 Å². The predicted octanol–water partition coefficient (Wildman–Crippen LogP) is 3.14. The summed E-state index contributed by atoms with van der Waals surface area (Å²) < 4.78 is 5.21. The molecule has 4 rings (SSSR count).